The van der Waals surface area contributed by atoms with Crippen LogP contribution < -0.4 is 15.4 Å². The minimum Gasteiger partial charge on any atom is -0.476 e. The molecule has 4 nitrogen and oxygen atoms in total. The average molecular weight is 249 g/mol. The number of anilines is 2. The van der Waals surface area contributed by atoms with Gasteiger partial charge in [0.2, 0.25) is 5.88 Å². The van der Waals surface area contributed by atoms with Gasteiger partial charge in [0.15, 0.2) is 0 Å². The van der Waals surface area contributed by atoms with Crippen molar-refractivity contribution in [1.29, 1.82) is 0 Å². The molecule has 0 aromatic carbocycles. The number of nitrogen functional groups attached to an aromatic ring is 1. The van der Waals surface area contributed by atoms with Gasteiger partial charge in [0.25, 0.3) is 0 Å². The molecule has 0 saturated heterocycles. The summed E-state index contributed by atoms with van der Waals surface area (Å²) in [6.07, 6.45) is 3.84. The van der Waals surface area contributed by atoms with E-state index in [0.29, 0.717) is 18.2 Å². The van der Waals surface area contributed by atoms with Crippen LogP contribution in [-0.4, -0.2) is 24.7 Å². The lowest BCUT2D eigenvalue weighted by Crippen LogP contribution is -2.27. The van der Waals surface area contributed by atoms with Crippen LogP contribution in [0.4, 0.5) is 11.5 Å². The molecule has 0 aliphatic heterocycles. The fourth-order valence-electron chi connectivity index (χ4n) is 2.05. The van der Waals surface area contributed by atoms with Gasteiger partial charge in [-0.25, -0.2) is 0 Å². The molecule has 0 bridgehead atoms. The van der Waals surface area contributed by atoms with E-state index in [2.05, 4.69) is 16.8 Å². The molecule has 1 aliphatic rings. The lowest BCUT2D eigenvalue weighted by molar-refractivity contribution is 0.329. The molecule has 1 heterocycles. The molecule has 0 atom stereocenters. The Hall–Kier alpha value is -1.45. The summed E-state index contributed by atoms with van der Waals surface area (Å²) in [5.74, 6) is 2.40. The van der Waals surface area contributed by atoms with Crippen LogP contribution in [0.1, 0.15) is 33.1 Å². The number of aromatic nitrogens is 1. The molecule has 4 heteroatoms. The van der Waals surface area contributed by atoms with E-state index in [1.54, 1.807) is 0 Å². The van der Waals surface area contributed by atoms with Gasteiger partial charge in [-0.3, -0.25) is 0 Å². The first-order valence-electron chi connectivity index (χ1n) is 6.88. The highest BCUT2D eigenvalue weighted by Gasteiger charge is 2.25. The summed E-state index contributed by atoms with van der Waals surface area (Å²) in [7, 11) is 0. The van der Waals surface area contributed by atoms with Crippen LogP contribution in [0.2, 0.25) is 0 Å². The van der Waals surface area contributed by atoms with E-state index in [1.807, 2.05) is 19.1 Å². The number of rotatable bonds is 7. The van der Waals surface area contributed by atoms with E-state index in [4.69, 9.17) is 10.5 Å². The van der Waals surface area contributed by atoms with Gasteiger partial charge in [-0.2, -0.15) is 4.98 Å². The molecule has 0 amide bonds. The first kappa shape index (κ1) is 13.0. The monoisotopic (exact) mass is 249 g/mol. The van der Waals surface area contributed by atoms with Gasteiger partial charge in [0.05, 0.1) is 12.3 Å². The highest BCUT2D eigenvalue weighted by molar-refractivity contribution is 5.54. The van der Waals surface area contributed by atoms with Gasteiger partial charge in [-0.05, 0) is 44.2 Å². The second-order valence-electron chi connectivity index (χ2n) is 4.89. The minimum absolute atomic E-state index is 0.562. The van der Waals surface area contributed by atoms with E-state index in [-0.39, 0.29) is 0 Å². The fraction of sp³-hybridized carbons (Fsp3) is 0.643. The van der Waals surface area contributed by atoms with E-state index < -0.39 is 0 Å². The van der Waals surface area contributed by atoms with Gasteiger partial charge in [-0.15, -0.1) is 0 Å². The van der Waals surface area contributed by atoms with Crippen LogP contribution in [0.25, 0.3) is 0 Å². The van der Waals surface area contributed by atoms with Crippen molar-refractivity contribution < 1.29 is 4.74 Å². The highest BCUT2D eigenvalue weighted by atomic mass is 16.5. The Labute approximate surface area is 109 Å². The molecule has 1 saturated carbocycles. The second-order valence-corrected chi connectivity index (χ2v) is 4.89. The third kappa shape index (κ3) is 3.28. The molecule has 2 N–H and O–H groups in total. The second kappa shape index (κ2) is 5.94. The summed E-state index contributed by atoms with van der Waals surface area (Å²) < 4.78 is 5.46. The van der Waals surface area contributed by atoms with Crippen LogP contribution in [0.5, 0.6) is 5.88 Å². The topological polar surface area (TPSA) is 51.4 Å². The molecular weight excluding hydrogens is 226 g/mol. The molecule has 0 spiro atoms. The lowest BCUT2D eigenvalue weighted by Gasteiger charge is -2.23. The number of hydrogen-bond donors (Lipinski definition) is 1. The van der Waals surface area contributed by atoms with Crippen LogP contribution >= 0.6 is 0 Å². The predicted octanol–water partition coefficient (Wildman–Crippen LogP) is 2.69. The zero-order chi connectivity index (χ0) is 13.0. The molecule has 1 aliphatic carbocycles. The Bertz CT molecular complexity index is 391. The number of pyridine rings is 1. The van der Waals surface area contributed by atoms with Crippen molar-refractivity contribution in [3.8, 4) is 5.88 Å². The first-order chi connectivity index (χ1) is 8.74. The number of ether oxygens (including phenoxy) is 1. The summed E-state index contributed by atoms with van der Waals surface area (Å²) in [6.45, 7) is 6.88. The Morgan fingerprint density at radius 1 is 1.39 bits per heavy atom. The van der Waals surface area contributed by atoms with E-state index in [0.717, 1.165) is 31.2 Å². The summed E-state index contributed by atoms with van der Waals surface area (Å²) in [4.78, 5) is 6.89. The highest BCUT2D eigenvalue weighted by Crippen LogP contribution is 2.32. The predicted molar refractivity (Wildman–Crippen MR) is 75.0 cm³/mol. The smallest absolute Gasteiger partial charge is 0.239 e. The van der Waals surface area contributed by atoms with Crippen molar-refractivity contribution in [3.05, 3.63) is 12.1 Å². The number of nitrogens with two attached hydrogens (primary N) is 1. The standard InChI is InChI=1S/C14H23N3O/c1-3-9-17(10-11-5-6-11)13-8-7-12(15)14(16-13)18-4-2/h7-8,11H,3-6,9-10,15H2,1-2H3. The number of hydrogen-bond acceptors (Lipinski definition) is 4. The van der Waals surface area contributed by atoms with Crippen molar-refractivity contribution in [1.82, 2.24) is 4.98 Å². The summed E-state index contributed by atoms with van der Waals surface area (Å²) in [6, 6.07) is 3.89. The molecule has 0 radical (unpaired) electrons. The van der Waals surface area contributed by atoms with Crippen molar-refractivity contribution in [2.45, 2.75) is 33.1 Å². The fourth-order valence-corrected chi connectivity index (χ4v) is 2.05. The molecular formula is C14H23N3O. The third-order valence-electron chi connectivity index (χ3n) is 3.15. The zero-order valence-electron chi connectivity index (χ0n) is 11.4. The summed E-state index contributed by atoms with van der Waals surface area (Å²) >= 11 is 0. The normalized spacial score (nSPS) is 14.6. The zero-order valence-corrected chi connectivity index (χ0v) is 11.4. The number of nitrogens with zero attached hydrogens (tertiary/aromatic N) is 2. The SMILES string of the molecule is CCCN(CC1CC1)c1ccc(N)c(OCC)n1. The van der Waals surface area contributed by atoms with E-state index in [9.17, 15) is 0 Å². The Morgan fingerprint density at radius 2 is 2.17 bits per heavy atom. The van der Waals surface area contributed by atoms with Crippen LogP contribution in [0, 0.1) is 5.92 Å². The van der Waals surface area contributed by atoms with E-state index in [1.165, 1.54) is 12.8 Å². The third-order valence-corrected chi connectivity index (χ3v) is 3.15. The average Bonchev–Trinajstić information content (AvgIpc) is 3.16. The van der Waals surface area contributed by atoms with Crippen molar-refractivity contribution in [3.63, 3.8) is 0 Å². The molecule has 2 rings (SSSR count). The van der Waals surface area contributed by atoms with Gasteiger partial charge in [-0.1, -0.05) is 6.92 Å². The van der Waals surface area contributed by atoms with Gasteiger partial charge in [0.1, 0.15) is 5.82 Å². The van der Waals surface area contributed by atoms with Crippen LogP contribution in [0.15, 0.2) is 12.1 Å². The quantitative estimate of drug-likeness (QED) is 0.807. The Morgan fingerprint density at radius 3 is 2.78 bits per heavy atom. The summed E-state index contributed by atoms with van der Waals surface area (Å²) in [5.41, 5.74) is 6.47. The van der Waals surface area contributed by atoms with Gasteiger partial charge >= 0.3 is 0 Å². The van der Waals surface area contributed by atoms with Gasteiger partial charge in [0, 0.05) is 13.1 Å². The molecule has 0 unspecified atom stereocenters. The van der Waals surface area contributed by atoms with Crippen LogP contribution in [0.3, 0.4) is 0 Å². The van der Waals surface area contributed by atoms with Crippen molar-refractivity contribution in [2.75, 3.05) is 30.3 Å². The van der Waals surface area contributed by atoms with E-state index >= 15 is 0 Å². The van der Waals surface area contributed by atoms with Crippen molar-refractivity contribution in [2.24, 2.45) is 5.92 Å². The maximum Gasteiger partial charge on any atom is 0.239 e. The lowest BCUT2D eigenvalue weighted by atomic mass is 10.3. The van der Waals surface area contributed by atoms with Crippen molar-refractivity contribution >= 4 is 11.5 Å². The molecule has 1 aromatic rings. The Balaban J connectivity index is 2.14. The Kier molecular flexibility index (Phi) is 4.28. The molecule has 18 heavy (non-hydrogen) atoms. The van der Waals surface area contributed by atoms with Crippen LogP contribution in [-0.2, 0) is 0 Å². The first-order valence-corrected chi connectivity index (χ1v) is 6.88. The largest absolute Gasteiger partial charge is 0.476 e. The molecule has 100 valence electrons. The molecule has 1 aromatic heterocycles. The maximum atomic E-state index is 5.86. The maximum absolute atomic E-state index is 5.86. The van der Waals surface area contributed by atoms with Gasteiger partial charge < -0.3 is 15.4 Å². The molecule has 1 fully saturated rings. The summed E-state index contributed by atoms with van der Waals surface area (Å²) in [5, 5.41) is 0. The minimum atomic E-state index is 0.562.